The molecule has 2 heterocycles. The number of ether oxygens (including phenoxy) is 1. The molecule has 172 valence electrons. The van der Waals surface area contributed by atoms with Crippen LogP contribution in [0.1, 0.15) is 67.5 Å². The van der Waals surface area contributed by atoms with E-state index in [0.717, 1.165) is 11.1 Å². The van der Waals surface area contributed by atoms with E-state index in [1.54, 1.807) is 6.07 Å². The lowest BCUT2D eigenvalue weighted by Gasteiger charge is -2.18. The Bertz CT molecular complexity index is 1170. The molecule has 0 aliphatic heterocycles. The molecule has 0 saturated heterocycles. The molecule has 33 heavy (non-hydrogen) atoms. The highest BCUT2D eigenvalue weighted by Gasteiger charge is 2.42. The number of amides is 1. The zero-order valence-corrected chi connectivity index (χ0v) is 19.1. The number of rotatable bonds is 7. The van der Waals surface area contributed by atoms with Crippen LogP contribution in [0.2, 0.25) is 0 Å². The molecule has 0 unspecified atom stereocenters. The minimum atomic E-state index is -0.595. The van der Waals surface area contributed by atoms with Crippen molar-refractivity contribution in [2.24, 2.45) is 11.8 Å². The van der Waals surface area contributed by atoms with E-state index in [9.17, 15) is 9.59 Å². The summed E-state index contributed by atoms with van der Waals surface area (Å²) in [7, 11) is 0. The van der Waals surface area contributed by atoms with Crippen LogP contribution in [0.3, 0.4) is 0 Å². The van der Waals surface area contributed by atoms with Gasteiger partial charge in [0.2, 0.25) is 11.7 Å². The van der Waals surface area contributed by atoms with Gasteiger partial charge in [0, 0.05) is 17.2 Å². The van der Waals surface area contributed by atoms with Gasteiger partial charge in [-0.05, 0) is 76.5 Å². The topological polar surface area (TPSA) is 110 Å². The van der Waals surface area contributed by atoms with Crippen molar-refractivity contribution >= 4 is 11.9 Å². The summed E-state index contributed by atoms with van der Waals surface area (Å²) >= 11 is 0. The van der Waals surface area contributed by atoms with E-state index in [1.165, 1.54) is 31.9 Å². The lowest BCUT2D eigenvalue weighted by atomic mass is 10.1. The van der Waals surface area contributed by atoms with Crippen molar-refractivity contribution in [1.29, 1.82) is 0 Å². The third kappa shape index (κ3) is 4.99. The van der Waals surface area contributed by atoms with Crippen LogP contribution in [0.25, 0.3) is 22.7 Å². The van der Waals surface area contributed by atoms with Crippen molar-refractivity contribution in [2.45, 2.75) is 58.1 Å². The Labute approximate surface area is 192 Å². The first-order valence-corrected chi connectivity index (χ1v) is 11.4. The average Bonchev–Trinajstić information content (AvgIpc) is 3.69. The Kier molecular flexibility index (Phi) is 5.31. The first kappa shape index (κ1) is 21.4. The first-order valence-electron chi connectivity index (χ1n) is 11.4. The molecule has 2 aliphatic carbocycles. The van der Waals surface area contributed by atoms with Crippen LogP contribution in [0, 0.1) is 11.8 Å². The SMILES string of the molecule is CC(C)(C)OC(=O)c1cc(-c2cccc(-c3ncc(C(=O)NC(C4CC4)C4CC4)o3)c2)[nH]n1. The number of aromatic nitrogens is 3. The van der Waals surface area contributed by atoms with Crippen molar-refractivity contribution < 1.29 is 18.7 Å². The van der Waals surface area contributed by atoms with Gasteiger partial charge in [0.05, 0.1) is 11.9 Å². The van der Waals surface area contributed by atoms with Crippen LogP contribution in [0.15, 0.2) is 40.9 Å². The van der Waals surface area contributed by atoms with E-state index in [2.05, 4.69) is 20.5 Å². The minimum absolute atomic E-state index is 0.204. The van der Waals surface area contributed by atoms with Gasteiger partial charge >= 0.3 is 5.97 Å². The van der Waals surface area contributed by atoms with Gasteiger partial charge in [-0.2, -0.15) is 5.10 Å². The van der Waals surface area contributed by atoms with Gasteiger partial charge in [0.15, 0.2) is 5.69 Å². The smallest absolute Gasteiger partial charge is 0.359 e. The van der Waals surface area contributed by atoms with E-state index in [4.69, 9.17) is 9.15 Å². The van der Waals surface area contributed by atoms with Crippen LogP contribution in [0.4, 0.5) is 0 Å². The largest absolute Gasteiger partial charge is 0.455 e. The number of hydrogen-bond acceptors (Lipinski definition) is 6. The third-order valence-corrected chi connectivity index (χ3v) is 5.89. The van der Waals surface area contributed by atoms with Crippen LogP contribution < -0.4 is 5.32 Å². The van der Waals surface area contributed by atoms with E-state index in [1.807, 2.05) is 45.0 Å². The number of nitrogens with one attached hydrogen (secondary N) is 2. The number of oxazole rings is 1. The fourth-order valence-electron chi connectivity index (χ4n) is 3.99. The lowest BCUT2D eigenvalue weighted by molar-refractivity contribution is 0.00627. The molecule has 2 fully saturated rings. The summed E-state index contributed by atoms with van der Waals surface area (Å²) in [6.45, 7) is 5.43. The monoisotopic (exact) mass is 448 g/mol. The van der Waals surface area contributed by atoms with Gasteiger partial charge in [-0.25, -0.2) is 9.78 Å². The number of aromatic amines is 1. The summed E-state index contributed by atoms with van der Waals surface area (Å²) in [5.74, 6) is 1.12. The maximum absolute atomic E-state index is 12.7. The average molecular weight is 449 g/mol. The Morgan fingerprint density at radius 2 is 1.82 bits per heavy atom. The van der Waals surface area contributed by atoms with E-state index in [-0.39, 0.29) is 23.4 Å². The Balaban J connectivity index is 1.30. The van der Waals surface area contributed by atoms with Gasteiger partial charge in [-0.15, -0.1) is 0 Å². The molecule has 2 aromatic heterocycles. The molecular weight excluding hydrogens is 420 g/mol. The Morgan fingerprint density at radius 3 is 2.48 bits per heavy atom. The molecule has 1 aromatic carbocycles. The zero-order chi connectivity index (χ0) is 23.2. The molecular formula is C25H28N4O4. The molecule has 1 amide bonds. The maximum atomic E-state index is 12.7. The highest BCUT2D eigenvalue weighted by molar-refractivity contribution is 5.92. The van der Waals surface area contributed by atoms with E-state index in [0.29, 0.717) is 23.4 Å². The number of hydrogen-bond donors (Lipinski definition) is 2. The van der Waals surface area contributed by atoms with Gasteiger partial charge in [0.1, 0.15) is 5.60 Å². The molecule has 2 N–H and O–H groups in total. The fraction of sp³-hybridized carbons (Fsp3) is 0.440. The number of carbonyl (C=O) groups is 2. The minimum Gasteiger partial charge on any atom is -0.455 e. The molecule has 3 aromatic rings. The predicted molar refractivity (Wildman–Crippen MR) is 121 cm³/mol. The first-order chi connectivity index (χ1) is 15.8. The summed E-state index contributed by atoms with van der Waals surface area (Å²) in [6, 6.07) is 9.39. The molecule has 2 saturated carbocycles. The van der Waals surface area contributed by atoms with Crippen molar-refractivity contribution in [3.63, 3.8) is 0 Å². The summed E-state index contributed by atoms with van der Waals surface area (Å²) in [5.41, 5.74) is 1.81. The number of nitrogens with zero attached hydrogens (tertiary/aromatic N) is 2. The lowest BCUT2D eigenvalue weighted by Crippen LogP contribution is -2.37. The quantitative estimate of drug-likeness (QED) is 0.511. The second-order valence-corrected chi connectivity index (χ2v) is 9.95. The van der Waals surface area contributed by atoms with Crippen molar-refractivity contribution in [2.75, 3.05) is 0 Å². The van der Waals surface area contributed by atoms with Crippen LogP contribution >= 0.6 is 0 Å². The van der Waals surface area contributed by atoms with Crippen molar-refractivity contribution in [3.05, 3.63) is 48.0 Å². The van der Waals surface area contributed by atoms with Crippen LogP contribution in [-0.4, -0.2) is 38.7 Å². The number of carbonyl (C=O) groups excluding carboxylic acids is 2. The second kappa shape index (κ2) is 8.17. The number of H-pyrrole nitrogens is 1. The molecule has 0 atom stereocenters. The van der Waals surface area contributed by atoms with Gasteiger partial charge < -0.3 is 14.5 Å². The zero-order valence-electron chi connectivity index (χ0n) is 19.1. The molecule has 8 nitrogen and oxygen atoms in total. The third-order valence-electron chi connectivity index (χ3n) is 5.89. The predicted octanol–water partition coefficient (Wildman–Crippen LogP) is 4.61. The Morgan fingerprint density at radius 1 is 1.12 bits per heavy atom. The summed E-state index contributed by atoms with van der Waals surface area (Å²) in [5, 5.41) is 10.1. The maximum Gasteiger partial charge on any atom is 0.359 e. The van der Waals surface area contributed by atoms with Gasteiger partial charge in [0.25, 0.3) is 5.91 Å². The number of esters is 1. The standard InChI is InChI=1S/C25H28N4O4/c1-25(2,3)33-24(31)19-12-18(28-29-19)16-5-4-6-17(11-16)23-26-13-20(32-23)22(30)27-21(14-7-8-14)15-9-10-15/h4-6,11-15,21H,7-10H2,1-3H3,(H,27,30)(H,28,29). The molecule has 0 spiro atoms. The number of benzene rings is 1. The van der Waals surface area contributed by atoms with Crippen LogP contribution in [0.5, 0.6) is 0 Å². The van der Waals surface area contributed by atoms with Gasteiger partial charge in [-0.1, -0.05) is 12.1 Å². The molecule has 2 aliphatic rings. The molecule has 0 radical (unpaired) electrons. The normalized spacial score (nSPS) is 16.1. The highest BCUT2D eigenvalue weighted by Crippen LogP contribution is 2.44. The van der Waals surface area contributed by atoms with Gasteiger partial charge in [-0.3, -0.25) is 9.89 Å². The van der Waals surface area contributed by atoms with E-state index >= 15 is 0 Å². The molecule has 8 heteroatoms. The summed E-state index contributed by atoms with van der Waals surface area (Å²) < 4.78 is 11.2. The van der Waals surface area contributed by atoms with E-state index < -0.39 is 11.6 Å². The Hall–Kier alpha value is -3.42. The summed E-state index contributed by atoms with van der Waals surface area (Å²) in [6.07, 6.45) is 6.25. The van der Waals surface area contributed by atoms with Crippen molar-refractivity contribution in [3.8, 4) is 22.7 Å². The fourth-order valence-corrected chi connectivity index (χ4v) is 3.99. The molecule has 0 bridgehead atoms. The summed E-state index contributed by atoms with van der Waals surface area (Å²) in [4.78, 5) is 29.3. The second-order valence-electron chi connectivity index (χ2n) is 9.95. The highest BCUT2D eigenvalue weighted by atomic mass is 16.6. The molecule has 5 rings (SSSR count). The van der Waals surface area contributed by atoms with Crippen molar-refractivity contribution in [1.82, 2.24) is 20.5 Å². The van der Waals surface area contributed by atoms with Crippen LogP contribution in [-0.2, 0) is 4.74 Å².